The molecule has 0 amide bonds. The second kappa shape index (κ2) is 15.7. The Morgan fingerprint density at radius 1 is 0.254 bits per heavy atom. The molecular weight excluding hydrogens is 811 g/mol. The molecule has 0 radical (unpaired) electrons. The molecule has 1 aliphatic rings. The third kappa shape index (κ3) is 6.24. The van der Waals surface area contributed by atoms with Crippen LogP contribution in [0.25, 0.3) is 99.9 Å². The Morgan fingerprint density at radius 2 is 0.746 bits per heavy atom. The Hall–Kier alpha value is -8.79. The summed E-state index contributed by atoms with van der Waals surface area (Å²) in [6, 6.07) is 89.4. The van der Waals surface area contributed by atoms with E-state index in [-0.39, 0.29) is 0 Å². The van der Waals surface area contributed by atoms with Gasteiger partial charge in [0.2, 0.25) is 0 Å². The highest BCUT2D eigenvalue weighted by Gasteiger charge is 2.47. The van der Waals surface area contributed by atoms with Crippen LogP contribution in [-0.2, 0) is 5.41 Å². The van der Waals surface area contributed by atoms with E-state index >= 15 is 0 Å². The number of fused-ring (bicyclic) bond motifs is 7. The van der Waals surface area contributed by atoms with Gasteiger partial charge in [-0.05, 0) is 94.0 Å². The van der Waals surface area contributed by atoms with E-state index in [2.05, 4.69) is 243 Å². The molecule has 0 N–H and O–H groups in total. The van der Waals surface area contributed by atoms with Crippen LogP contribution >= 0.6 is 0 Å². The van der Waals surface area contributed by atoms with Gasteiger partial charge in [-0.2, -0.15) is 0 Å². The van der Waals surface area contributed by atoms with E-state index in [0.29, 0.717) is 17.5 Å². The lowest BCUT2D eigenvalue weighted by Crippen LogP contribution is -2.28. The average molecular weight is 852 g/mol. The van der Waals surface area contributed by atoms with Crippen molar-refractivity contribution >= 4 is 32.3 Å². The zero-order chi connectivity index (χ0) is 44.3. The molecule has 0 unspecified atom stereocenters. The van der Waals surface area contributed by atoms with Crippen LogP contribution in [0, 0.1) is 0 Å². The molecule has 11 aromatic carbocycles. The van der Waals surface area contributed by atoms with Crippen LogP contribution < -0.4 is 0 Å². The van der Waals surface area contributed by atoms with Crippen LogP contribution in [0.3, 0.4) is 0 Å². The Labute approximate surface area is 389 Å². The Morgan fingerprint density at radius 3 is 1.43 bits per heavy atom. The largest absolute Gasteiger partial charge is 0.208 e. The molecule has 0 bridgehead atoms. The number of hydrogen-bond acceptors (Lipinski definition) is 3. The first-order chi connectivity index (χ1) is 33.2. The first-order valence-electron chi connectivity index (χ1n) is 22.9. The van der Waals surface area contributed by atoms with E-state index in [1.807, 2.05) is 6.07 Å². The molecule has 0 spiro atoms. The van der Waals surface area contributed by atoms with Crippen molar-refractivity contribution in [3.05, 3.63) is 271 Å². The zero-order valence-electron chi connectivity index (χ0n) is 36.5. The van der Waals surface area contributed by atoms with Crippen LogP contribution in [-0.4, -0.2) is 15.0 Å². The van der Waals surface area contributed by atoms with E-state index in [1.54, 1.807) is 0 Å². The highest BCUT2D eigenvalue weighted by Crippen LogP contribution is 2.58. The molecule has 3 heteroatoms. The molecular formula is C64H41N3. The molecule has 12 aromatic rings. The summed E-state index contributed by atoms with van der Waals surface area (Å²) < 4.78 is 0. The van der Waals surface area contributed by atoms with Crippen LogP contribution in [0.2, 0.25) is 0 Å². The summed E-state index contributed by atoms with van der Waals surface area (Å²) in [4.78, 5) is 16.1. The van der Waals surface area contributed by atoms with Crippen molar-refractivity contribution in [2.45, 2.75) is 5.41 Å². The van der Waals surface area contributed by atoms with E-state index in [1.165, 1.54) is 65.7 Å². The maximum atomic E-state index is 5.42. The number of rotatable bonds is 7. The molecule has 1 heterocycles. The Kier molecular flexibility index (Phi) is 9.07. The fourth-order valence-corrected chi connectivity index (χ4v) is 10.8. The quantitative estimate of drug-likeness (QED) is 0.118. The maximum absolute atomic E-state index is 5.42. The molecule has 0 fully saturated rings. The summed E-state index contributed by atoms with van der Waals surface area (Å²) in [5.41, 5.74) is 14.1. The summed E-state index contributed by atoms with van der Waals surface area (Å²) in [6.45, 7) is 0. The van der Waals surface area contributed by atoms with E-state index < -0.39 is 5.41 Å². The van der Waals surface area contributed by atoms with E-state index in [4.69, 9.17) is 15.0 Å². The summed E-state index contributed by atoms with van der Waals surface area (Å²) in [5, 5.41) is 7.42. The predicted molar refractivity (Wildman–Crippen MR) is 277 cm³/mol. The lowest BCUT2D eigenvalue weighted by molar-refractivity contribution is 0.768. The molecule has 312 valence electrons. The van der Waals surface area contributed by atoms with Crippen molar-refractivity contribution in [1.82, 2.24) is 15.0 Å². The third-order valence-corrected chi connectivity index (χ3v) is 13.8. The van der Waals surface area contributed by atoms with E-state index in [0.717, 1.165) is 38.9 Å². The minimum atomic E-state index is -0.551. The average Bonchev–Trinajstić information content (AvgIpc) is 3.72. The molecule has 0 saturated heterocycles. The molecule has 0 atom stereocenters. The lowest BCUT2D eigenvalue weighted by atomic mass is 9.67. The monoisotopic (exact) mass is 851 g/mol. The number of aromatic nitrogens is 3. The van der Waals surface area contributed by atoms with Crippen LogP contribution in [0.4, 0.5) is 0 Å². The highest BCUT2D eigenvalue weighted by molar-refractivity contribution is 6.20. The number of nitrogens with zero attached hydrogens (tertiary/aromatic N) is 3. The van der Waals surface area contributed by atoms with Gasteiger partial charge < -0.3 is 0 Å². The first-order valence-corrected chi connectivity index (χ1v) is 22.9. The molecule has 67 heavy (non-hydrogen) atoms. The van der Waals surface area contributed by atoms with Crippen LogP contribution in [0.15, 0.2) is 249 Å². The summed E-state index contributed by atoms with van der Waals surface area (Å²) in [5.74, 6) is 1.87. The predicted octanol–water partition coefficient (Wildman–Crippen LogP) is 16.0. The fourth-order valence-electron chi connectivity index (χ4n) is 10.8. The summed E-state index contributed by atoms with van der Waals surface area (Å²) in [6.07, 6.45) is 0. The molecule has 0 saturated carbocycles. The van der Waals surface area contributed by atoms with Gasteiger partial charge in [-0.1, -0.05) is 243 Å². The van der Waals surface area contributed by atoms with Crippen molar-refractivity contribution in [3.63, 3.8) is 0 Å². The maximum Gasteiger partial charge on any atom is 0.164 e. The normalized spacial score (nSPS) is 12.6. The second-order valence-electron chi connectivity index (χ2n) is 17.4. The fraction of sp³-hybridized carbons (Fsp3) is 0.0156. The standard InChI is InChI=1S/C64H41N3/c1-4-17-42(18-5-1)43-31-35-46(36-32-43)61-65-62(47-37-33-45(34-38-47)59-52-26-13-11-20-48(52)41-56-51-25-12-10-19-44(51)39-40-53(56)59)67-63(66-61)55-28-16-30-58-60(55)54-27-14-15-29-57(54)64(58,49-21-6-2-7-22-49)50-23-8-3-9-24-50/h1-41H. The van der Waals surface area contributed by atoms with Crippen LogP contribution in [0.1, 0.15) is 22.3 Å². The number of benzene rings is 11. The molecule has 1 aromatic heterocycles. The van der Waals surface area contributed by atoms with Gasteiger partial charge in [0.05, 0.1) is 5.41 Å². The van der Waals surface area contributed by atoms with Gasteiger partial charge in [0.15, 0.2) is 17.5 Å². The lowest BCUT2D eigenvalue weighted by Gasteiger charge is -2.33. The van der Waals surface area contributed by atoms with Gasteiger partial charge in [-0.15, -0.1) is 0 Å². The van der Waals surface area contributed by atoms with Gasteiger partial charge in [0, 0.05) is 16.7 Å². The summed E-state index contributed by atoms with van der Waals surface area (Å²) >= 11 is 0. The minimum absolute atomic E-state index is 0.551. The topological polar surface area (TPSA) is 38.7 Å². The first kappa shape index (κ1) is 38.6. The molecule has 13 rings (SSSR count). The van der Waals surface area contributed by atoms with Gasteiger partial charge in [-0.3, -0.25) is 0 Å². The van der Waals surface area contributed by atoms with Gasteiger partial charge in [0.25, 0.3) is 0 Å². The van der Waals surface area contributed by atoms with Crippen molar-refractivity contribution in [2.24, 2.45) is 0 Å². The van der Waals surface area contributed by atoms with Crippen molar-refractivity contribution < 1.29 is 0 Å². The number of hydrogen-bond donors (Lipinski definition) is 0. The third-order valence-electron chi connectivity index (χ3n) is 13.8. The van der Waals surface area contributed by atoms with Crippen molar-refractivity contribution in [3.8, 4) is 67.5 Å². The Balaban J connectivity index is 1.01. The second-order valence-corrected chi connectivity index (χ2v) is 17.4. The van der Waals surface area contributed by atoms with Gasteiger partial charge >= 0.3 is 0 Å². The van der Waals surface area contributed by atoms with Crippen LogP contribution in [0.5, 0.6) is 0 Å². The van der Waals surface area contributed by atoms with E-state index in [9.17, 15) is 0 Å². The smallest absolute Gasteiger partial charge is 0.164 e. The SMILES string of the molecule is c1ccc(-c2ccc(-c3nc(-c4ccc(-c5c6ccccc6cc6c5ccc5ccccc56)cc4)nc(-c4cccc5c4-c4ccccc4C5(c4ccccc4)c4ccccc4)n3)cc2)cc1. The highest BCUT2D eigenvalue weighted by atomic mass is 15.0. The van der Waals surface area contributed by atoms with Crippen molar-refractivity contribution in [2.75, 3.05) is 0 Å². The molecule has 1 aliphatic carbocycles. The zero-order valence-corrected chi connectivity index (χ0v) is 36.5. The minimum Gasteiger partial charge on any atom is -0.208 e. The van der Waals surface area contributed by atoms with Crippen molar-refractivity contribution in [1.29, 1.82) is 0 Å². The van der Waals surface area contributed by atoms with Gasteiger partial charge in [0.1, 0.15) is 0 Å². The van der Waals surface area contributed by atoms with Gasteiger partial charge in [-0.25, -0.2) is 15.0 Å². The Bertz CT molecular complexity index is 3790. The summed E-state index contributed by atoms with van der Waals surface area (Å²) in [7, 11) is 0. The molecule has 3 nitrogen and oxygen atoms in total. The molecule has 0 aliphatic heterocycles.